The van der Waals surface area contributed by atoms with Gasteiger partial charge in [0.2, 0.25) is 0 Å². The van der Waals surface area contributed by atoms with Crippen LogP contribution in [0.3, 0.4) is 0 Å². The standard InChI is InChI=1S/C19H30ClN3O/c1-13-15(8-7-9-16(13)20)14(2)21-18(24)23(6)17-10-11-22(5)12-19(17,3)4/h7-9,14,17H,10-12H2,1-6H3,(H,21,24). The summed E-state index contributed by atoms with van der Waals surface area (Å²) in [5.41, 5.74) is 2.16. The van der Waals surface area contributed by atoms with Crippen LogP contribution in [0.5, 0.6) is 0 Å². The van der Waals surface area contributed by atoms with Gasteiger partial charge < -0.3 is 15.1 Å². The zero-order valence-corrected chi connectivity index (χ0v) is 16.4. The van der Waals surface area contributed by atoms with Gasteiger partial charge in [0.15, 0.2) is 0 Å². The van der Waals surface area contributed by atoms with Crippen LogP contribution in [0.15, 0.2) is 18.2 Å². The molecule has 24 heavy (non-hydrogen) atoms. The van der Waals surface area contributed by atoms with Gasteiger partial charge in [-0.25, -0.2) is 4.79 Å². The molecule has 134 valence electrons. The molecule has 1 fully saturated rings. The Labute approximate surface area is 151 Å². The van der Waals surface area contributed by atoms with Crippen molar-refractivity contribution >= 4 is 17.6 Å². The molecule has 2 amide bonds. The topological polar surface area (TPSA) is 35.6 Å². The summed E-state index contributed by atoms with van der Waals surface area (Å²) in [6, 6.07) is 5.96. The average molecular weight is 352 g/mol. The van der Waals surface area contributed by atoms with E-state index in [1.165, 1.54) is 0 Å². The molecule has 1 saturated heterocycles. The Bertz CT molecular complexity index is 602. The van der Waals surface area contributed by atoms with Crippen LogP contribution in [-0.2, 0) is 0 Å². The van der Waals surface area contributed by atoms with Crippen molar-refractivity contribution in [3.63, 3.8) is 0 Å². The lowest BCUT2D eigenvalue weighted by Gasteiger charge is -2.47. The summed E-state index contributed by atoms with van der Waals surface area (Å²) in [4.78, 5) is 17.0. The van der Waals surface area contributed by atoms with Gasteiger partial charge in [-0.15, -0.1) is 0 Å². The molecule has 0 spiro atoms. The van der Waals surface area contributed by atoms with Gasteiger partial charge in [0.05, 0.1) is 6.04 Å². The second-order valence-electron chi connectivity index (χ2n) is 7.77. The Balaban J connectivity index is 2.07. The largest absolute Gasteiger partial charge is 0.331 e. The van der Waals surface area contributed by atoms with Crippen LogP contribution in [0.4, 0.5) is 4.79 Å². The van der Waals surface area contributed by atoms with Crippen molar-refractivity contribution in [2.24, 2.45) is 5.41 Å². The maximum absolute atomic E-state index is 12.8. The summed E-state index contributed by atoms with van der Waals surface area (Å²) >= 11 is 6.20. The van der Waals surface area contributed by atoms with Crippen molar-refractivity contribution < 1.29 is 4.79 Å². The van der Waals surface area contributed by atoms with Crippen LogP contribution < -0.4 is 5.32 Å². The lowest BCUT2D eigenvalue weighted by molar-refractivity contribution is 0.0445. The Morgan fingerprint density at radius 2 is 2.12 bits per heavy atom. The van der Waals surface area contributed by atoms with Gasteiger partial charge in [-0.05, 0) is 56.5 Å². The maximum atomic E-state index is 12.8. The predicted octanol–water partition coefficient (Wildman–Crippen LogP) is 4.08. The molecular formula is C19H30ClN3O. The molecule has 1 heterocycles. The van der Waals surface area contributed by atoms with Gasteiger partial charge in [-0.3, -0.25) is 0 Å². The molecular weight excluding hydrogens is 322 g/mol. The quantitative estimate of drug-likeness (QED) is 0.890. The van der Waals surface area contributed by atoms with Crippen molar-refractivity contribution in [3.8, 4) is 0 Å². The van der Waals surface area contributed by atoms with E-state index in [4.69, 9.17) is 11.6 Å². The van der Waals surface area contributed by atoms with E-state index in [-0.39, 0.29) is 23.5 Å². The van der Waals surface area contributed by atoms with Crippen molar-refractivity contribution in [2.45, 2.75) is 46.2 Å². The van der Waals surface area contributed by atoms with Crippen molar-refractivity contribution in [2.75, 3.05) is 27.2 Å². The number of carbonyl (C=O) groups is 1. The normalized spacial score (nSPS) is 22.0. The van der Waals surface area contributed by atoms with E-state index >= 15 is 0 Å². The summed E-state index contributed by atoms with van der Waals surface area (Å²) in [5.74, 6) is 0. The molecule has 0 aromatic heterocycles. The number of hydrogen-bond donors (Lipinski definition) is 1. The summed E-state index contributed by atoms with van der Waals surface area (Å²) in [6.07, 6.45) is 0.998. The number of carbonyl (C=O) groups excluding carboxylic acids is 1. The molecule has 1 aliphatic rings. The summed E-state index contributed by atoms with van der Waals surface area (Å²) in [6.45, 7) is 10.5. The second-order valence-corrected chi connectivity index (χ2v) is 8.17. The first kappa shape index (κ1) is 19.1. The third-order valence-electron chi connectivity index (χ3n) is 5.27. The van der Waals surface area contributed by atoms with Crippen LogP contribution in [0, 0.1) is 12.3 Å². The maximum Gasteiger partial charge on any atom is 0.317 e. The number of likely N-dealkylation sites (tertiary alicyclic amines) is 1. The van der Waals surface area contributed by atoms with E-state index in [9.17, 15) is 4.79 Å². The van der Waals surface area contributed by atoms with Crippen molar-refractivity contribution in [1.29, 1.82) is 0 Å². The molecule has 1 aromatic carbocycles. The molecule has 1 aliphatic heterocycles. The summed E-state index contributed by atoms with van der Waals surface area (Å²) in [5, 5.41) is 3.86. The number of piperidine rings is 1. The monoisotopic (exact) mass is 351 g/mol. The Kier molecular flexibility index (Phi) is 5.82. The number of amides is 2. The molecule has 0 bridgehead atoms. The highest BCUT2D eigenvalue weighted by atomic mass is 35.5. The minimum absolute atomic E-state index is 0.0236. The number of urea groups is 1. The van der Waals surface area contributed by atoms with Gasteiger partial charge in [0.25, 0.3) is 0 Å². The third-order valence-corrected chi connectivity index (χ3v) is 5.68. The van der Waals surface area contributed by atoms with Gasteiger partial charge >= 0.3 is 6.03 Å². The first-order valence-corrected chi connectivity index (χ1v) is 8.98. The van der Waals surface area contributed by atoms with Gasteiger partial charge in [-0.2, -0.15) is 0 Å². The van der Waals surface area contributed by atoms with Gasteiger partial charge in [-0.1, -0.05) is 37.6 Å². The number of benzene rings is 1. The number of hydrogen-bond acceptors (Lipinski definition) is 2. The first-order chi connectivity index (χ1) is 11.1. The van der Waals surface area contributed by atoms with E-state index in [1.807, 2.05) is 44.0 Å². The second kappa shape index (κ2) is 7.32. The Morgan fingerprint density at radius 1 is 1.46 bits per heavy atom. The molecule has 2 rings (SSSR count). The lowest BCUT2D eigenvalue weighted by atomic mass is 9.78. The highest BCUT2D eigenvalue weighted by Gasteiger charge is 2.38. The zero-order chi connectivity index (χ0) is 18.1. The molecule has 0 radical (unpaired) electrons. The third kappa shape index (κ3) is 4.04. The first-order valence-electron chi connectivity index (χ1n) is 8.60. The molecule has 4 nitrogen and oxygen atoms in total. The van der Waals surface area contributed by atoms with Gasteiger partial charge in [0, 0.05) is 24.7 Å². The number of rotatable bonds is 3. The van der Waals surface area contributed by atoms with Crippen LogP contribution in [0.1, 0.15) is 44.4 Å². The number of nitrogens with one attached hydrogen (secondary N) is 1. The summed E-state index contributed by atoms with van der Waals surface area (Å²) < 4.78 is 0. The molecule has 0 aliphatic carbocycles. The molecule has 2 unspecified atom stereocenters. The highest BCUT2D eigenvalue weighted by Crippen LogP contribution is 2.32. The van der Waals surface area contributed by atoms with Crippen LogP contribution >= 0.6 is 11.6 Å². The molecule has 0 saturated carbocycles. The number of halogens is 1. The predicted molar refractivity (Wildman–Crippen MR) is 101 cm³/mol. The van der Waals surface area contributed by atoms with E-state index in [1.54, 1.807) is 0 Å². The van der Waals surface area contributed by atoms with Crippen molar-refractivity contribution in [3.05, 3.63) is 34.3 Å². The van der Waals surface area contributed by atoms with E-state index in [0.29, 0.717) is 0 Å². The Morgan fingerprint density at radius 3 is 2.75 bits per heavy atom. The van der Waals surface area contributed by atoms with E-state index in [0.717, 1.165) is 35.7 Å². The highest BCUT2D eigenvalue weighted by molar-refractivity contribution is 6.31. The average Bonchev–Trinajstić information content (AvgIpc) is 2.48. The summed E-state index contributed by atoms with van der Waals surface area (Å²) in [7, 11) is 4.05. The fourth-order valence-electron chi connectivity index (χ4n) is 3.93. The number of nitrogens with zero attached hydrogens (tertiary/aromatic N) is 2. The fourth-order valence-corrected chi connectivity index (χ4v) is 4.11. The minimum Gasteiger partial charge on any atom is -0.331 e. The van der Waals surface area contributed by atoms with Crippen molar-refractivity contribution in [1.82, 2.24) is 15.1 Å². The smallest absolute Gasteiger partial charge is 0.317 e. The lowest BCUT2D eigenvalue weighted by Crippen LogP contribution is -2.57. The van der Waals surface area contributed by atoms with Crippen LogP contribution in [-0.4, -0.2) is 49.1 Å². The molecule has 1 N–H and O–H groups in total. The van der Waals surface area contributed by atoms with E-state index in [2.05, 4.69) is 31.1 Å². The van der Waals surface area contributed by atoms with Crippen LogP contribution in [0.25, 0.3) is 0 Å². The fraction of sp³-hybridized carbons (Fsp3) is 0.632. The SMILES string of the molecule is Cc1c(Cl)cccc1C(C)NC(=O)N(C)C1CCN(C)CC1(C)C. The van der Waals surface area contributed by atoms with E-state index < -0.39 is 0 Å². The molecule has 2 atom stereocenters. The Hall–Kier alpha value is -1.26. The molecule has 1 aromatic rings. The van der Waals surface area contributed by atoms with Gasteiger partial charge in [0.1, 0.15) is 0 Å². The minimum atomic E-state index is -0.0759. The van der Waals surface area contributed by atoms with Crippen LogP contribution in [0.2, 0.25) is 5.02 Å². The molecule has 5 heteroatoms. The zero-order valence-electron chi connectivity index (χ0n) is 15.7.